The third kappa shape index (κ3) is 4.61. The summed E-state index contributed by atoms with van der Waals surface area (Å²) >= 11 is 0. The van der Waals surface area contributed by atoms with E-state index in [0.29, 0.717) is 5.69 Å². The Balaban J connectivity index is 2.25. The first kappa shape index (κ1) is 23.3. The minimum atomic E-state index is -1.08. The van der Waals surface area contributed by atoms with E-state index in [4.69, 9.17) is 14.2 Å². The first-order valence-corrected chi connectivity index (χ1v) is 10.9. The molecule has 0 spiro atoms. The Morgan fingerprint density at radius 2 is 1.16 bits per heavy atom. The maximum atomic E-state index is 13.2. The SMILES string of the molecule is CCOC(=O)C1C(C(=O)OCC)C(c2ccccc2)N(c2ccccc2)C1C(=O)OCC. The van der Waals surface area contributed by atoms with Crippen LogP contribution in [0.15, 0.2) is 60.7 Å². The first-order chi connectivity index (χ1) is 15.5. The van der Waals surface area contributed by atoms with Crippen LogP contribution in [0.3, 0.4) is 0 Å². The molecule has 0 amide bonds. The molecular weight excluding hydrogens is 410 g/mol. The zero-order valence-electron chi connectivity index (χ0n) is 18.6. The summed E-state index contributed by atoms with van der Waals surface area (Å²) in [6.07, 6.45) is 0. The molecule has 0 N–H and O–H groups in total. The van der Waals surface area contributed by atoms with Crippen LogP contribution in [-0.2, 0) is 28.6 Å². The molecule has 0 aliphatic carbocycles. The van der Waals surface area contributed by atoms with E-state index < -0.39 is 41.8 Å². The van der Waals surface area contributed by atoms with E-state index in [1.807, 2.05) is 60.7 Å². The van der Waals surface area contributed by atoms with Crippen LogP contribution in [0.5, 0.6) is 0 Å². The van der Waals surface area contributed by atoms with E-state index >= 15 is 0 Å². The maximum Gasteiger partial charge on any atom is 0.329 e. The molecule has 1 fully saturated rings. The second-order valence-corrected chi connectivity index (χ2v) is 7.35. The summed E-state index contributed by atoms with van der Waals surface area (Å²) in [5, 5.41) is 0. The third-order valence-electron chi connectivity index (χ3n) is 5.51. The molecule has 1 aliphatic heterocycles. The Morgan fingerprint density at radius 3 is 1.69 bits per heavy atom. The van der Waals surface area contributed by atoms with Gasteiger partial charge in [0.2, 0.25) is 0 Å². The van der Waals surface area contributed by atoms with Crippen molar-refractivity contribution in [3.8, 4) is 0 Å². The lowest BCUT2D eigenvalue weighted by Crippen LogP contribution is -2.45. The quantitative estimate of drug-likeness (QED) is 0.460. The third-order valence-corrected chi connectivity index (χ3v) is 5.51. The highest BCUT2D eigenvalue weighted by molar-refractivity contribution is 5.94. The lowest BCUT2D eigenvalue weighted by atomic mass is 9.84. The van der Waals surface area contributed by atoms with Crippen LogP contribution >= 0.6 is 0 Å². The van der Waals surface area contributed by atoms with Gasteiger partial charge in [-0.15, -0.1) is 0 Å². The van der Waals surface area contributed by atoms with Gasteiger partial charge in [0, 0.05) is 5.69 Å². The highest BCUT2D eigenvalue weighted by Gasteiger charge is 2.60. The molecule has 7 heteroatoms. The van der Waals surface area contributed by atoms with Gasteiger partial charge >= 0.3 is 17.9 Å². The summed E-state index contributed by atoms with van der Waals surface area (Å²) in [6.45, 7) is 5.53. The highest BCUT2D eigenvalue weighted by Crippen LogP contribution is 2.48. The van der Waals surface area contributed by atoms with E-state index in [-0.39, 0.29) is 19.8 Å². The molecule has 0 radical (unpaired) electrons. The molecule has 0 aromatic heterocycles. The summed E-state index contributed by atoms with van der Waals surface area (Å²) in [5.74, 6) is -3.79. The summed E-state index contributed by atoms with van der Waals surface area (Å²) < 4.78 is 16.1. The molecule has 1 aliphatic rings. The fraction of sp³-hybridized carbons (Fsp3) is 0.400. The number of anilines is 1. The number of hydrogen-bond acceptors (Lipinski definition) is 7. The second-order valence-electron chi connectivity index (χ2n) is 7.35. The van der Waals surface area contributed by atoms with Gasteiger partial charge in [0.05, 0.1) is 31.8 Å². The van der Waals surface area contributed by atoms with E-state index in [9.17, 15) is 14.4 Å². The van der Waals surface area contributed by atoms with Crippen LogP contribution in [0.1, 0.15) is 32.4 Å². The lowest BCUT2D eigenvalue weighted by Gasteiger charge is -2.32. The molecule has 3 rings (SSSR count). The zero-order valence-corrected chi connectivity index (χ0v) is 18.6. The molecule has 2 aromatic carbocycles. The van der Waals surface area contributed by atoms with Crippen molar-refractivity contribution in [3.63, 3.8) is 0 Å². The molecule has 32 heavy (non-hydrogen) atoms. The Hall–Kier alpha value is -3.35. The smallest absolute Gasteiger partial charge is 0.329 e. The predicted octanol–water partition coefficient (Wildman–Crippen LogP) is 3.54. The standard InChI is InChI=1S/C25H29NO6/c1-4-30-23(27)19-20(24(28)31-5-2)22(25(29)32-6-3)26(18-15-11-8-12-16-18)21(19)17-13-9-7-10-14-17/h7-16,19-22H,4-6H2,1-3H3. The average Bonchev–Trinajstić information content (AvgIpc) is 3.17. The largest absolute Gasteiger partial charge is 0.466 e. The van der Waals surface area contributed by atoms with Gasteiger partial charge in [0.1, 0.15) is 12.0 Å². The van der Waals surface area contributed by atoms with Crippen LogP contribution in [0.25, 0.3) is 0 Å². The van der Waals surface area contributed by atoms with Crippen molar-refractivity contribution < 1.29 is 28.6 Å². The minimum absolute atomic E-state index is 0.127. The van der Waals surface area contributed by atoms with E-state index in [0.717, 1.165) is 5.56 Å². The predicted molar refractivity (Wildman–Crippen MR) is 119 cm³/mol. The molecule has 0 bridgehead atoms. The van der Waals surface area contributed by atoms with Crippen LogP contribution in [0.4, 0.5) is 5.69 Å². The number of nitrogens with zero attached hydrogens (tertiary/aromatic N) is 1. The number of rotatable bonds is 8. The summed E-state index contributed by atoms with van der Waals surface area (Å²) in [7, 11) is 0. The normalized spacial score (nSPS) is 22.3. The summed E-state index contributed by atoms with van der Waals surface area (Å²) in [5.41, 5.74) is 1.48. The minimum Gasteiger partial charge on any atom is -0.466 e. The first-order valence-electron chi connectivity index (χ1n) is 10.9. The van der Waals surface area contributed by atoms with Gasteiger partial charge in [-0.3, -0.25) is 9.59 Å². The Bertz CT molecular complexity index is 849. The fourth-order valence-corrected chi connectivity index (χ4v) is 4.37. The molecule has 4 atom stereocenters. The molecule has 170 valence electrons. The van der Waals surface area contributed by atoms with Crippen molar-refractivity contribution in [2.45, 2.75) is 32.9 Å². The van der Waals surface area contributed by atoms with Gasteiger partial charge in [-0.2, -0.15) is 0 Å². The maximum absolute atomic E-state index is 13.2. The van der Waals surface area contributed by atoms with Crippen molar-refractivity contribution in [3.05, 3.63) is 66.2 Å². The lowest BCUT2D eigenvalue weighted by molar-refractivity contribution is -0.162. The Kier molecular flexibility index (Phi) is 7.87. The van der Waals surface area contributed by atoms with Crippen LogP contribution in [0.2, 0.25) is 0 Å². The van der Waals surface area contributed by atoms with Crippen molar-refractivity contribution >= 4 is 23.6 Å². The number of esters is 3. The van der Waals surface area contributed by atoms with E-state index in [1.54, 1.807) is 25.7 Å². The van der Waals surface area contributed by atoms with E-state index in [2.05, 4.69) is 0 Å². The zero-order chi connectivity index (χ0) is 23.1. The van der Waals surface area contributed by atoms with Crippen molar-refractivity contribution in [1.29, 1.82) is 0 Å². The average molecular weight is 440 g/mol. The van der Waals surface area contributed by atoms with Crippen molar-refractivity contribution in [1.82, 2.24) is 0 Å². The van der Waals surface area contributed by atoms with Gasteiger partial charge in [-0.25, -0.2) is 4.79 Å². The number of para-hydroxylation sites is 1. The van der Waals surface area contributed by atoms with Crippen LogP contribution in [-0.4, -0.2) is 43.8 Å². The van der Waals surface area contributed by atoms with Gasteiger partial charge in [0.15, 0.2) is 0 Å². The van der Waals surface area contributed by atoms with Gasteiger partial charge < -0.3 is 19.1 Å². The molecule has 2 aromatic rings. The Morgan fingerprint density at radius 1 is 0.688 bits per heavy atom. The number of ether oxygens (including phenoxy) is 3. The molecule has 0 saturated carbocycles. The number of benzene rings is 2. The molecular formula is C25H29NO6. The summed E-state index contributed by atoms with van der Waals surface area (Å²) in [4.78, 5) is 41.4. The Labute approximate surface area is 188 Å². The van der Waals surface area contributed by atoms with Gasteiger partial charge in [0.25, 0.3) is 0 Å². The monoisotopic (exact) mass is 439 g/mol. The molecule has 1 heterocycles. The molecule has 4 unspecified atom stereocenters. The number of hydrogen-bond donors (Lipinski definition) is 0. The van der Waals surface area contributed by atoms with Gasteiger partial charge in [-0.05, 0) is 38.5 Å². The van der Waals surface area contributed by atoms with E-state index in [1.165, 1.54) is 0 Å². The molecule has 1 saturated heterocycles. The fourth-order valence-electron chi connectivity index (χ4n) is 4.37. The highest BCUT2D eigenvalue weighted by atomic mass is 16.5. The van der Waals surface area contributed by atoms with Crippen molar-refractivity contribution in [2.75, 3.05) is 24.7 Å². The number of carbonyl (C=O) groups is 3. The topological polar surface area (TPSA) is 82.1 Å². The van der Waals surface area contributed by atoms with Gasteiger partial charge in [-0.1, -0.05) is 48.5 Å². The van der Waals surface area contributed by atoms with Crippen molar-refractivity contribution in [2.24, 2.45) is 11.8 Å². The van der Waals surface area contributed by atoms with Crippen LogP contribution < -0.4 is 4.90 Å². The number of carbonyl (C=O) groups excluding carboxylic acids is 3. The van der Waals surface area contributed by atoms with Crippen LogP contribution in [0, 0.1) is 11.8 Å². The second kappa shape index (κ2) is 10.8. The molecule has 7 nitrogen and oxygen atoms in total. The summed E-state index contributed by atoms with van der Waals surface area (Å²) in [6, 6.07) is 16.9.